The number of benzene rings is 2. The number of fused-ring (bicyclic) bond motifs is 2. The number of esters is 1. The van der Waals surface area contributed by atoms with Crippen LogP contribution < -0.4 is 19.8 Å². The second kappa shape index (κ2) is 11.4. The molecule has 2 aromatic heterocycles. The molecular formula is C31H32N2O7S. The largest absolute Gasteiger partial charge is 0.490 e. The van der Waals surface area contributed by atoms with Gasteiger partial charge in [0.05, 0.1) is 42.5 Å². The monoisotopic (exact) mass is 576 g/mol. The highest BCUT2D eigenvalue weighted by Crippen LogP contribution is 2.45. The van der Waals surface area contributed by atoms with E-state index in [-0.39, 0.29) is 28.5 Å². The van der Waals surface area contributed by atoms with Crippen LogP contribution in [0.2, 0.25) is 0 Å². The molecule has 3 heterocycles. The van der Waals surface area contributed by atoms with E-state index >= 15 is 0 Å². The third kappa shape index (κ3) is 4.97. The van der Waals surface area contributed by atoms with Gasteiger partial charge in [0.15, 0.2) is 22.1 Å². The van der Waals surface area contributed by atoms with Crippen molar-refractivity contribution in [2.45, 2.75) is 54.0 Å². The molecule has 5 rings (SSSR count). The van der Waals surface area contributed by atoms with Gasteiger partial charge in [0.1, 0.15) is 10.5 Å². The minimum Gasteiger partial charge on any atom is -0.490 e. The summed E-state index contributed by atoms with van der Waals surface area (Å²) in [5.74, 6) is -0.0176. The number of aromatic nitrogens is 1. The molecule has 0 N–H and O–H groups in total. The Morgan fingerprint density at radius 3 is 2.46 bits per heavy atom. The maximum absolute atomic E-state index is 14.1. The van der Waals surface area contributed by atoms with E-state index in [9.17, 15) is 14.4 Å². The molecule has 1 amide bonds. The lowest BCUT2D eigenvalue weighted by Gasteiger charge is -2.23. The lowest BCUT2D eigenvalue weighted by Crippen LogP contribution is -2.29. The zero-order valence-electron chi connectivity index (χ0n) is 24.0. The standard InChI is InChI=1S/C31H32N2O7S/c1-7-12-39-21-11-10-19(15-23(21)37-8-2)25-24-26(34)20-13-16(4)17(5)14-22(20)40-27(24)29(35)33(25)31-32-18(6)28(41-31)30(36)38-9-3/h10-11,13-15,25H,7-9,12H2,1-6H3. The van der Waals surface area contributed by atoms with Crippen LogP contribution in [-0.4, -0.2) is 36.7 Å². The molecule has 9 nitrogen and oxygen atoms in total. The molecule has 4 aromatic rings. The van der Waals surface area contributed by atoms with Gasteiger partial charge < -0.3 is 18.6 Å². The summed E-state index contributed by atoms with van der Waals surface area (Å²) in [7, 11) is 0. The molecule has 41 heavy (non-hydrogen) atoms. The van der Waals surface area contributed by atoms with Gasteiger partial charge in [-0.05, 0) is 82.0 Å². The van der Waals surface area contributed by atoms with E-state index < -0.39 is 17.9 Å². The topological polar surface area (TPSA) is 108 Å². The van der Waals surface area contributed by atoms with E-state index in [0.717, 1.165) is 28.9 Å². The summed E-state index contributed by atoms with van der Waals surface area (Å²) in [4.78, 5) is 47.0. The van der Waals surface area contributed by atoms with E-state index in [1.807, 2.05) is 33.8 Å². The minimum atomic E-state index is -0.875. The third-order valence-corrected chi connectivity index (χ3v) is 8.12. The summed E-state index contributed by atoms with van der Waals surface area (Å²) < 4.78 is 23.1. The van der Waals surface area contributed by atoms with Gasteiger partial charge >= 0.3 is 5.97 Å². The highest BCUT2D eigenvalue weighted by atomic mass is 32.1. The van der Waals surface area contributed by atoms with Crippen molar-refractivity contribution < 1.29 is 28.2 Å². The van der Waals surface area contributed by atoms with Gasteiger partial charge in [-0.2, -0.15) is 0 Å². The summed E-state index contributed by atoms with van der Waals surface area (Å²) in [5.41, 5.74) is 3.18. The second-order valence-corrected chi connectivity index (χ2v) is 10.8. The Balaban J connectivity index is 1.75. The Kier molecular flexibility index (Phi) is 7.86. The number of rotatable bonds is 9. The Bertz CT molecular complexity index is 1720. The number of ether oxygens (including phenoxy) is 3. The number of nitrogens with zero attached hydrogens (tertiary/aromatic N) is 2. The zero-order chi connectivity index (χ0) is 29.4. The molecule has 1 aliphatic rings. The normalized spacial score (nSPS) is 14.4. The number of hydrogen-bond donors (Lipinski definition) is 0. The lowest BCUT2D eigenvalue weighted by atomic mass is 9.97. The first-order valence-corrected chi connectivity index (χ1v) is 14.5. The molecule has 0 spiro atoms. The van der Waals surface area contributed by atoms with Gasteiger partial charge in [0, 0.05) is 0 Å². The minimum absolute atomic E-state index is 0.0504. The highest BCUT2D eigenvalue weighted by molar-refractivity contribution is 7.17. The van der Waals surface area contributed by atoms with E-state index in [4.69, 9.17) is 18.6 Å². The van der Waals surface area contributed by atoms with Crippen molar-refractivity contribution in [3.05, 3.63) is 79.1 Å². The summed E-state index contributed by atoms with van der Waals surface area (Å²) in [6.07, 6.45) is 0.824. The van der Waals surface area contributed by atoms with Crippen LogP contribution in [0.5, 0.6) is 11.5 Å². The van der Waals surface area contributed by atoms with Gasteiger partial charge in [0.2, 0.25) is 5.76 Å². The van der Waals surface area contributed by atoms with Crippen molar-refractivity contribution in [2.75, 3.05) is 24.7 Å². The Morgan fingerprint density at radius 2 is 1.76 bits per heavy atom. The molecular weight excluding hydrogens is 544 g/mol. The first kappa shape index (κ1) is 28.4. The maximum Gasteiger partial charge on any atom is 0.350 e. The quantitative estimate of drug-likeness (QED) is 0.214. The second-order valence-electron chi connectivity index (χ2n) is 9.80. The number of carbonyl (C=O) groups is 2. The Labute approximate surface area is 241 Å². The van der Waals surface area contributed by atoms with Gasteiger partial charge in [0.25, 0.3) is 5.91 Å². The third-order valence-electron chi connectivity index (χ3n) is 6.98. The van der Waals surface area contributed by atoms with Gasteiger partial charge in [-0.3, -0.25) is 14.5 Å². The van der Waals surface area contributed by atoms with Crippen LogP contribution in [0.1, 0.15) is 81.4 Å². The van der Waals surface area contributed by atoms with E-state index in [0.29, 0.717) is 51.8 Å². The van der Waals surface area contributed by atoms with Gasteiger partial charge in [-0.15, -0.1) is 0 Å². The Morgan fingerprint density at radius 1 is 1.00 bits per heavy atom. The van der Waals surface area contributed by atoms with Crippen LogP contribution >= 0.6 is 11.3 Å². The van der Waals surface area contributed by atoms with Crippen LogP contribution in [0.15, 0.2) is 39.5 Å². The first-order chi connectivity index (χ1) is 19.7. The average Bonchev–Trinajstić information content (AvgIpc) is 3.46. The molecule has 0 fully saturated rings. The van der Waals surface area contributed by atoms with E-state index in [2.05, 4.69) is 4.98 Å². The summed E-state index contributed by atoms with van der Waals surface area (Å²) in [6, 6.07) is 8.07. The molecule has 0 saturated carbocycles. The smallest absolute Gasteiger partial charge is 0.350 e. The van der Waals surface area contributed by atoms with E-state index in [1.165, 1.54) is 4.90 Å². The fourth-order valence-corrected chi connectivity index (χ4v) is 5.89. The van der Waals surface area contributed by atoms with Crippen molar-refractivity contribution in [3.63, 3.8) is 0 Å². The van der Waals surface area contributed by atoms with Crippen molar-refractivity contribution in [3.8, 4) is 11.5 Å². The molecule has 214 valence electrons. The Hall–Kier alpha value is -4.18. The van der Waals surface area contributed by atoms with Crippen LogP contribution in [0.3, 0.4) is 0 Å². The van der Waals surface area contributed by atoms with Crippen LogP contribution in [0.4, 0.5) is 5.13 Å². The molecule has 0 aliphatic carbocycles. The van der Waals surface area contributed by atoms with Crippen LogP contribution in [0.25, 0.3) is 11.0 Å². The SMILES string of the molecule is CCCOc1ccc(C2c3c(oc4cc(C)c(C)cc4c3=O)C(=O)N2c2nc(C)c(C(=O)OCC)s2)cc1OCC. The van der Waals surface area contributed by atoms with Crippen molar-refractivity contribution in [1.82, 2.24) is 4.98 Å². The predicted molar refractivity (Wildman–Crippen MR) is 157 cm³/mol. The van der Waals surface area contributed by atoms with Crippen LogP contribution in [0, 0.1) is 20.8 Å². The number of hydrogen-bond acceptors (Lipinski definition) is 9. The van der Waals surface area contributed by atoms with Crippen LogP contribution in [-0.2, 0) is 4.74 Å². The summed E-state index contributed by atoms with van der Waals surface area (Å²) in [6.45, 7) is 12.3. The predicted octanol–water partition coefficient (Wildman–Crippen LogP) is 6.29. The first-order valence-electron chi connectivity index (χ1n) is 13.7. The number of aryl methyl sites for hydroxylation is 3. The molecule has 0 radical (unpaired) electrons. The van der Waals surface area contributed by atoms with Crippen molar-refractivity contribution in [2.24, 2.45) is 0 Å². The summed E-state index contributed by atoms with van der Waals surface area (Å²) in [5, 5.41) is 0.647. The van der Waals surface area contributed by atoms with Crippen molar-refractivity contribution in [1.29, 1.82) is 0 Å². The van der Waals surface area contributed by atoms with E-state index in [1.54, 1.807) is 38.1 Å². The fourth-order valence-electron chi connectivity index (χ4n) is 4.91. The number of carbonyl (C=O) groups excluding carboxylic acids is 2. The molecule has 1 atom stereocenters. The number of thiazole rings is 1. The molecule has 0 saturated heterocycles. The van der Waals surface area contributed by atoms with Crippen molar-refractivity contribution >= 4 is 39.3 Å². The molecule has 1 unspecified atom stereocenters. The molecule has 0 bridgehead atoms. The molecule has 2 aromatic carbocycles. The maximum atomic E-state index is 14.1. The molecule has 1 aliphatic heterocycles. The lowest BCUT2D eigenvalue weighted by molar-refractivity contribution is 0.0531. The fraction of sp³-hybridized carbons (Fsp3) is 0.355. The summed E-state index contributed by atoms with van der Waals surface area (Å²) >= 11 is 1.04. The number of anilines is 1. The number of amides is 1. The molecule has 10 heteroatoms. The highest BCUT2D eigenvalue weighted by Gasteiger charge is 2.45. The zero-order valence-corrected chi connectivity index (χ0v) is 24.8. The van der Waals surface area contributed by atoms with Gasteiger partial charge in [-0.1, -0.05) is 24.3 Å². The average molecular weight is 577 g/mol. The van der Waals surface area contributed by atoms with Gasteiger partial charge in [-0.25, -0.2) is 9.78 Å².